The smallest absolute Gasteiger partial charge is 0.184 e. The van der Waals surface area contributed by atoms with Gasteiger partial charge in [0, 0.05) is 0 Å². The normalized spacial score (nSPS) is 42.0. The van der Waals surface area contributed by atoms with Gasteiger partial charge in [-0.1, -0.05) is 6.92 Å². The lowest BCUT2D eigenvalue weighted by Gasteiger charge is -2.40. The van der Waals surface area contributed by atoms with Crippen molar-refractivity contribution in [2.24, 2.45) is 0 Å². The molecule has 4 N–H and O–H groups in total. The number of rotatable bonds is 4. The molecule has 0 saturated carbocycles. The third-order valence-corrected chi connectivity index (χ3v) is 2.80. The highest BCUT2D eigenvalue weighted by Gasteiger charge is 2.44. The fraction of sp³-hybridized carbons (Fsp3) is 1.00. The Kier molecular flexibility index (Phi) is 5.10. The van der Waals surface area contributed by atoms with Gasteiger partial charge in [0.2, 0.25) is 0 Å². The van der Waals surface area contributed by atoms with Gasteiger partial charge in [0.25, 0.3) is 0 Å². The summed E-state index contributed by atoms with van der Waals surface area (Å²) in [5.41, 5.74) is 0. The molecule has 0 amide bonds. The van der Waals surface area contributed by atoms with Gasteiger partial charge in [-0.05, 0) is 13.3 Å². The SMILES string of the molecule is CCC(C)OC1C(O)C(O)OC(CO)C1O. The van der Waals surface area contributed by atoms with Crippen molar-refractivity contribution in [1.82, 2.24) is 0 Å². The molecular formula is C10H20O6. The van der Waals surface area contributed by atoms with Gasteiger partial charge in [-0.3, -0.25) is 0 Å². The molecule has 6 atom stereocenters. The third kappa shape index (κ3) is 2.91. The molecule has 0 aromatic heterocycles. The van der Waals surface area contributed by atoms with E-state index in [9.17, 15) is 15.3 Å². The van der Waals surface area contributed by atoms with E-state index in [-0.39, 0.29) is 6.10 Å². The quantitative estimate of drug-likeness (QED) is 0.479. The van der Waals surface area contributed by atoms with Gasteiger partial charge < -0.3 is 29.9 Å². The van der Waals surface area contributed by atoms with Gasteiger partial charge in [0.15, 0.2) is 6.29 Å². The molecule has 96 valence electrons. The molecule has 1 heterocycles. The summed E-state index contributed by atoms with van der Waals surface area (Å²) in [4.78, 5) is 0. The lowest BCUT2D eigenvalue weighted by molar-refractivity contribution is -0.299. The molecule has 1 aliphatic heterocycles. The highest BCUT2D eigenvalue weighted by atomic mass is 16.6. The zero-order chi connectivity index (χ0) is 12.3. The van der Waals surface area contributed by atoms with E-state index in [1.54, 1.807) is 6.92 Å². The summed E-state index contributed by atoms with van der Waals surface area (Å²) in [5.74, 6) is 0. The van der Waals surface area contributed by atoms with Gasteiger partial charge >= 0.3 is 0 Å². The third-order valence-electron chi connectivity index (χ3n) is 2.80. The van der Waals surface area contributed by atoms with Crippen molar-refractivity contribution in [3.8, 4) is 0 Å². The van der Waals surface area contributed by atoms with Crippen LogP contribution in [0.5, 0.6) is 0 Å². The van der Waals surface area contributed by atoms with Crippen molar-refractivity contribution in [2.45, 2.75) is 57.1 Å². The van der Waals surface area contributed by atoms with Gasteiger partial charge in [0.05, 0.1) is 12.7 Å². The Bertz CT molecular complexity index is 211. The summed E-state index contributed by atoms with van der Waals surface area (Å²) in [7, 11) is 0. The fourth-order valence-electron chi connectivity index (χ4n) is 1.59. The highest BCUT2D eigenvalue weighted by molar-refractivity contribution is 4.90. The van der Waals surface area contributed by atoms with Crippen molar-refractivity contribution in [2.75, 3.05) is 6.61 Å². The minimum absolute atomic E-state index is 0.154. The first-order chi connectivity index (χ1) is 7.51. The second-order valence-corrected chi connectivity index (χ2v) is 4.05. The van der Waals surface area contributed by atoms with E-state index in [1.807, 2.05) is 6.92 Å². The number of hydrogen-bond acceptors (Lipinski definition) is 6. The number of ether oxygens (including phenoxy) is 2. The molecule has 1 fully saturated rings. The lowest BCUT2D eigenvalue weighted by atomic mass is 9.99. The van der Waals surface area contributed by atoms with Crippen LogP contribution in [0.3, 0.4) is 0 Å². The van der Waals surface area contributed by atoms with E-state index in [4.69, 9.17) is 14.6 Å². The average Bonchev–Trinajstić information content (AvgIpc) is 2.28. The molecule has 0 aliphatic carbocycles. The molecule has 16 heavy (non-hydrogen) atoms. The first-order valence-corrected chi connectivity index (χ1v) is 5.47. The molecule has 6 unspecified atom stereocenters. The van der Waals surface area contributed by atoms with Crippen LogP contribution in [0.25, 0.3) is 0 Å². The van der Waals surface area contributed by atoms with E-state index in [1.165, 1.54) is 0 Å². The van der Waals surface area contributed by atoms with Crippen LogP contribution in [-0.4, -0.2) is 63.8 Å². The maximum Gasteiger partial charge on any atom is 0.184 e. The highest BCUT2D eigenvalue weighted by Crippen LogP contribution is 2.23. The average molecular weight is 236 g/mol. The van der Waals surface area contributed by atoms with Gasteiger partial charge in [-0.15, -0.1) is 0 Å². The maximum absolute atomic E-state index is 9.78. The van der Waals surface area contributed by atoms with Crippen LogP contribution >= 0.6 is 0 Å². The number of hydrogen-bond donors (Lipinski definition) is 4. The second kappa shape index (κ2) is 5.90. The van der Waals surface area contributed by atoms with Crippen molar-refractivity contribution >= 4 is 0 Å². The Labute approximate surface area is 94.4 Å². The summed E-state index contributed by atoms with van der Waals surface area (Å²) in [6.45, 7) is 3.27. The van der Waals surface area contributed by atoms with Crippen LogP contribution in [0, 0.1) is 0 Å². The fourth-order valence-corrected chi connectivity index (χ4v) is 1.59. The van der Waals surface area contributed by atoms with E-state index >= 15 is 0 Å². The van der Waals surface area contributed by atoms with Crippen LogP contribution < -0.4 is 0 Å². The summed E-state index contributed by atoms with van der Waals surface area (Å²) in [6, 6.07) is 0. The molecule has 1 rings (SSSR count). The molecule has 0 bridgehead atoms. The molecule has 6 nitrogen and oxygen atoms in total. The first-order valence-electron chi connectivity index (χ1n) is 5.47. The molecule has 0 spiro atoms. The van der Waals surface area contributed by atoms with Crippen molar-refractivity contribution in [3.63, 3.8) is 0 Å². The molecule has 0 aromatic rings. The van der Waals surface area contributed by atoms with E-state index in [0.29, 0.717) is 0 Å². The lowest BCUT2D eigenvalue weighted by Crippen LogP contribution is -2.60. The van der Waals surface area contributed by atoms with Crippen LogP contribution in [0.4, 0.5) is 0 Å². The standard InChI is InChI=1S/C10H20O6/c1-3-5(2)15-9-7(12)6(4-11)16-10(14)8(9)13/h5-14H,3-4H2,1-2H3. The minimum Gasteiger partial charge on any atom is -0.394 e. The summed E-state index contributed by atoms with van der Waals surface area (Å²) >= 11 is 0. The van der Waals surface area contributed by atoms with E-state index < -0.39 is 37.3 Å². The predicted molar refractivity (Wildman–Crippen MR) is 54.6 cm³/mol. The zero-order valence-electron chi connectivity index (χ0n) is 9.48. The van der Waals surface area contributed by atoms with Gasteiger partial charge in [-0.25, -0.2) is 0 Å². The predicted octanol–water partition coefficient (Wildman–Crippen LogP) is -1.40. The number of aliphatic hydroxyl groups excluding tert-OH is 4. The summed E-state index contributed by atoms with van der Waals surface area (Å²) < 4.78 is 10.2. The van der Waals surface area contributed by atoms with E-state index in [2.05, 4.69) is 0 Å². The molecule has 1 aliphatic rings. The monoisotopic (exact) mass is 236 g/mol. The Hall–Kier alpha value is -0.240. The van der Waals surface area contributed by atoms with Crippen molar-refractivity contribution in [3.05, 3.63) is 0 Å². The van der Waals surface area contributed by atoms with Crippen LogP contribution in [0.15, 0.2) is 0 Å². The molecule has 1 saturated heterocycles. The van der Waals surface area contributed by atoms with Crippen molar-refractivity contribution < 1.29 is 29.9 Å². The second-order valence-electron chi connectivity index (χ2n) is 4.05. The largest absolute Gasteiger partial charge is 0.394 e. The first kappa shape index (κ1) is 13.8. The van der Waals surface area contributed by atoms with E-state index in [0.717, 1.165) is 6.42 Å². The molecule has 0 radical (unpaired) electrons. The Morgan fingerprint density at radius 3 is 2.38 bits per heavy atom. The van der Waals surface area contributed by atoms with Crippen LogP contribution in [0.2, 0.25) is 0 Å². The zero-order valence-corrected chi connectivity index (χ0v) is 9.48. The number of aliphatic hydroxyl groups is 4. The summed E-state index contributed by atoms with van der Waals surface area (Å²) in [6.07, 6.45) is -5.24. The topological polar surface area (TPSA) is 99.4 Å². The molecular weight excluding hydrogens is 216 g/mol. The maximum atomic E-state index is 9.78. The summed E-state index contributed by atoms with van der Waals surface area (Å²) in [5, 5.41) is 37.7. The molecule has 0 aromatic carbocycles. The minimum atomic E-state index is -1.45. The van der Waals surface area contributed by atoms with Crippen molar-refractivity contribution in [1.29, 1.82) is 0 Å². The Morgan fingerprint density at radius 2 is 1.88 bits per heavy atom. The van der Waals surface area contributed by atoms with Gasteiger partial charge in [-0.2, -0.15) is 0 Å². The Balaban J connectivity index is 2.69. The van der Waals surface area contributed by atoms with Gasteiger partial charge in [0.1, 0.15) is 24.4 Å². The molecule has 6 heteroatoms. The Morgan fingerprint density at radius 1 is 1.25 bits per heavy atom. The van der Waals surface area contributed by atoms with Crippen LogP contribution in [-0.2, 0) is 9.47 Å². The van der Waals surface area contributed by atoms with Crippen LogP contribution in [0.1, 0.15) is 20.3 Å².